The van der Waals surface area contributed by atoms with Crippen LogP contribution < -0.4 is 4.72 Å². The number of anilines is 1. The van der Waals surface area contributed by atoms with Gasteiger partial charge in [-0.3, -0.25) is 14.8 Å². The Hall–Kier alpha value is -2.36. The first-order valence-electron chi connectivity index (χ1n) is 8.63. The molecule has 1 heterocycles. The van der Waals surface area contributed by atoms with Gasteiger partial charge in [0.2, 0.25) is 10.0 Å². The number of carbonyl (C=O) groups excluding carboxylic acids is 1. The van der Waals surface area contributed by atoms with Crippen LogP contribution in [-0.4, -0.2) is 48.3 Å². The molecule has 2 rings (SSSR count). The van der Waals surface area contributed by atoms with Gasteiger partial charge >= 0.3 is 6.09 Å². The molecule has 1 fully saturated rings. The Bertz CT molecular complexity index is 824. The van der Waals surface area contributed by atoms with Gasteiger partial charge in [0.25, 0.3) is 5.69 Å². The number of sulfonamides is 1. The maximum atomic E-state index is 12.7. The molecule has 0 unspecified atom stereocenters. The minimum Gasteiger partial charge on any atom is -0.444 e. The lowest BCUT2D eigenvalue weighted by Gasteiger charge is -2.33. The van der Waals surface area contributed by atoms with Crippen LogP contribution in [0.2, 0.25) is 0 Å². The molecule has 0 atom stereocenters. The predicted octanol–water partition coefficient (Wildman–Crippen LogP) is 3.04. The van der Waals surface area contributed by atoms with Gasteiger partial charge in [-0.05, 0) is 52.2 Å². The zero-order chi connectivity index (χ0) is 20.4. The van der Waals surface area contributed by atoms with Crippen molar-refractivity contribution in [3.05, 3.63) is 33.9 Å². The second-order valence-corrected chi connectivity index (χ2v) is 9.53. The number of hydrogen-bond donors (Lipinski definition) is 1. The van der Waals surface area contributed by atoms with Gasteiger partial charge in [-0.15, -0.1) is 0 Å². The van der Waals surface area contributed by atoms with Gasteiger partial charge in [-0.1, -0.05) is 0 Å². The normalized spacial score (nSPS) is 16.1. The van der Waals surface area contributed by atoms with Crippen LogP contribution in [-0.2, 0) is 14.8 Å². The van der Waals surface area contributed by atoms with Crippen molar-refractivity contribution in [2.24, 2.45) is 0 Å². The van der Waals surface area contributed by atoms with Crippen LogP contribution in [0.4, 0.5) is 16.2 Å². The number of nitro benzene ring substituents is 1. The topological polar surface area (TPSA) is 119 Å². The number of likely N-dealkylation sites (tertiary alicyclic amines) is 1. The molecule has 0 bridgehead atoms. The maximum absolute atomic E-state index is 12.7. The number of hydrogen-bond acceptors (Lipinski definition) is 6. The molecule has 0 spiro atoms. The number of piperidine rings is 1. The molecule has 1 aromatic carbocycles. The van der Waals surface area contributed by atoms with Crippen molar-refractivity contribution in [2.45, 2.75) is 51.4 Å². The van der Waals surface area contributed by atoms with Gasteiger partial charge in [-0.25, -0.2) is 13.2 Å². The average molecular weight is 399 g/mol. The average Bonchev–Trinajstić information content (AvgIpc) is 2.55. The minimum absolute atomic E-state index is 0.0962. The van der Waals surface area contributed by atoms with Crippen molar-refractivity contribution in [1.82, 2.24) is 4.90 Å². The van der Waals surface area contributed by atoms with Gasteiger partial charge in [-0.2, -0.15) is 0 Å². The lowest BCUT2D eigenvalue weighted by molar-refractivity contribution is -0.384. The second kappa shape index (κ2) is 7.71. The number of nitrogens with one attached hydrogen (secondary N) is 1. The first-order valence-corrected chi connectivity index (χ1v) is 10.2. The third-order valence-electron chi connectivity index (χ3n) is 4.21. The van der Waals surface area contributed by atoms with E-state index in [1.54, 1.807) is 27.7 Å². The molecule has 1 N–H and O–H groups in total. The van der Waals surface area contributed by atoms with E-state index in [1.807, 2.05) is 0 Å². The summed E-state index contributed by atoms with van der Waals surface area (Å²) in [4.78, 5) is 23.8. The number of carbonyl (C=O) groups is 1. The van der Waals surface area contributed by atoms with Crippen molar-refractivity contribution < 1.29 is 22.9 Å². The minimum atomic E-state index is -3.67. The van der Waals surface area contributed by atoms with Gasteiger partial charge in [0.1, 0.15) is 5.60 Å². The number of benzene rings is 1. The summed E-state index contributed by atoms with van der Waals surface area (Å²) in [5.74, 6) is 0. The Morgan fingerprint density at radius 3 is 2.37 bits per heavy atom. The van der Waals surface area contributed by atoms with Crippen LogP contribution in [0.15, 0.2) is 18.2 Å². The van der Waals surface area contributed by atoms with Crippen molar-refractivity contribution >= 4 is 27.5 Å². The van der Waals surface area contributed by atoms with Gasteiger partial charge < -0.3 is 9.64 Å². The number of nitrogens with zero attached hydrogens (tertiary/aromatic N) is 2. The van der Waals surface area contributed by atoms with E-state index < -0.39 is 31.9 Å². The molecule has 1 aliphatic rings. The number of nitro groups is 1. The fourth-order valence-electron chi connectivity index (χ4n) is 2.79. The summed E-state index contributed by atoms with van der Waals surface area (Å²) in [6, 6.07) is 3.97. The summed E-state index contributed by atoms with van der Waals surface area (Å²) < 4.78 is 33.1. The zero-order valence-electron chi connectivity index (χ0n) is 15.9. The second-order valence-electron chi connectivity index (χ2n) is 7.57. The Morgan fingerprint density at radius 1 is 1.30 bits per heavy atom. The van der Waals surface area contributed by atoms with Crippen LogP contribution >= 0.6 is 0 Å². The molecule has 1 aliphatic heterocycles. The molecule has 0 aliphatic carbocycles. The molecule has 27 heavy (non-hydrogen) atoms. The van der Waals surface area contributed by atoms with Crippen LogP contribution in [0.25, 0.3) is 0 Å². The molecule has 1 amide bonds. The summed E-state index contributed by atoms with van der Waals surface area (Å²) >= 11 is 0. The van der Waals surface area contributed by atoms with Crippen molar-refractivity contribution in [2.75, 3.05) is 17.8 Å². The summed E-state index contributed by atoms with van der Waals surface area (Å²) in [5, 5.41) is 10.1. The van der Waals surface area contributed by atoms with E-state index in [2.05, 4.69) is 4.72 Å². The Kier molecular flexibility index (Phi) is 5.98. The van der Waals surface area contributed by atoms with E-state index in [1.165, 1.54) is 23.1 Å². The van der Waals surface area contributed by atoms with Crippen molar-refractivity contribution in [3.63, 3.8) is 0 Å². The molecular formula is C17H25N3O6S. The number of aryl methyl sites for hydroxylation is 1. The third kappa shape index (κ3) is 5.56. The molecule has 0 aromatic heterocycles. The highest BCUT2D eigenvalue weighted by Crippen LogP contribution is 2.26. The monoisotopic (exact) mass is 399 g/mol. The SMILES string of the molecule is Cc1cc([N+](=O)[O-])ccc1NS(=O)(=O)C1CCN(C(=O)OC(C)(C)C)CC1. The fraction of sp³-hybridized carbons (Fsp3) is 0.588. The molecule has 10 heteroatoms. The van der Waals surface area contributed by atoms with Crippen LogP contribution in [0.3, 0.4) is 0 Å². The van der Waals surface area contributed by atoms with E-state index in [0.717, 1.165) is 0 Å². The molecule has 9 nitrogen and oxygen atoms in total. The van der Waals surface area contributed by atoms with E-state index in [-0.39, 0.29) is 5.69 Å². The number of ether oxygens (including phenoxy) is 1. The first kappa shape index (κ1) is 20.9. The van der Waals surface area contributed by atoms with Crippen molar-refractivity contribution in [1.29, 1.82) is 0 Å². The molecule has 0 radical (unpaired) electrons. The highest BCUT2D eigenvalue weighted by Gasteiger charge is 2.33. The lowest BCUT2D eigenvalue weighted by Crippen LogP contribution is -2.45. The predicted molar refractivity (Wildman–Crippen MR) is 101 cm³/mol. The summed E-state index contributed by atoms with van der Waals surface area (Å²) in [6.07, 6.45) is 0.138. The van der Waals surface area contributed by atoms with Crippen molar-refractivity contribution in [3.8, 4) is 0 Å². The zero-order valence-corrected chi connectivity index (χ0v) is 16.7. The van der Waals surface area contributed by atoms with Crippen LogP contribution in [0.5, 0.6) is 0 Å². The quantitative estimate of drug-likeness (QED) is 0.614. The largest absolute Gasteiger partial charge is 0.444 e. The van der Waals surface area contributed by atoms with Gasteiger partial charge in [0, 0.05) is 25.2 Å². The highest BCUT2D eigenvalue weighted by atomic mass is 32.2. The van der Waals surface area contributed by atoms with E-state index in [4.69, 9.17) is 4.74 Å². The Labute approximate surface area is 158 Å². The molecule has 1 aromatic rings. The van der Waals surface area contributed by atoms with Gasteiger partial charge in [0.05, 0.1) is 15.9 Å². The summed E-state index contributed by atoms with van der Waals surface area (Å²) in [7, 11) is -3.67. The fourth-order valence-corrected chi connectivity index (χ4v) is 4.32. The summed E-state index contributed by atoms with van der Waals surface area (Å²) in [5.41, 5.74) is 0.0879. The first-order chi connectivity index (χ1) is 12.4. The maximum Gasteiger partial charge on any atom is 0.410 e. The van der Waals surface area contributed by atoms with E-state index >= 15 is 0 Å². The van der Waals surface area contributed by atoms with Crippen LogP contribution in [0.1, 0.15) is 39.2 Å². The van der Waals surface area contributed by atoms with Gasteiger partial charge in [0.15, 0.2) is 0 Å². The number of non-ortho nitro benzene ring substituents is 1. The smallest absolute Gasteiger partial charge is 0.410 e. The van der Waals surface area contributed by atoms with E-state index in [9.17, 15) is 23.3 Å². The number of rotatable bonds is 4. The Morgan fingerprint density at radius 2 is 1.89 bits per heavy atom. The summed E-state index contributed by atoms with van der Waals surface area (Å²) in [6.45, 7) is 7.52. The molecule has 0 saturated carbocycles. The van der Waals surface area contributed by atoms with Crippen LogP contribution in [0, 0.1) is 17.0 Å². The standard InChI is InChI=1S/C17H25N3O6S/c1-12-11-13(20(22)23)5-6-15(12)18-27(24,25)14-7-9-19(10-8-14)16(21)26-17(2,3)4/h5-6,11,14,18H,7-10H2,1-4H3. The Balaban J connectivity index is 2.01. The third-order valence-corrected chi connectivity index (χ3v) is 6.06. The van der Waals surface area contributed by atoms with E-state index in [0.29, 0.717) is 37.2 Å². The highest BCUT2D eigenvalue weighted by molar-refractivity contribution is 7.93. The number of amides is 1. The molecular weight excluding hydrogens is 374 g/mol. The molecule has 1 saturated heterocycles. The molecule has 150 valence electrons. The lowest BCUT2D eigenvalue weighted by atomic mass is 10.1.